The first-order chi connectivity index (χ1) is 10.1. The van der Waals surface area contributed by atoms with E-state index in [2.05, 4.69) is 17.1 Å². The molecule has 2 rings (SSSR count). The van der Waals surface area contributed by atoms with E-state index in [4.69, 9.17) is 10.5 Å². The van der Waals surface area contributed by atoms with Gasteiger partial charge in [0, 0.05) is 12.2 Å². The summed E-state index contributed by atoms with van der Waals surface area (Å²) in [4.78, 5) is 14.4. The molecule has 0 spiro atoms. The molecule has 1 unspecified atom stereocenters. The maximum atomic E-state index is 12.2. The Morgan fingerprint density at radius 2 is 2.33 bits per heavy atom. The quantitative estimate of drug-likeness (QED) is 0.789. The minimum atomic E-state index is -0.0175. The molecule has 1 atom stereocenters. The molecule has 1 aromatic rings. The average molecular weight is 291 g/mol. The van der Waals surface area contributed by atoms with Crippen LogP contribution in [0.4, 0.5) is 11.4 Å². The van der Waals surface area contributed by atoms with Crippen LogP contribution in [0, 0.1) is 5.92 Å². The number of hydrogen-bond acceptors (Lipinski definition) is 4. The Kier molecular flexibility index (Phi) is 5.44. The molecule has 1 heterocycles. The number of ether oxygens (including phenoxy) is 1. The molecule has 0 aromatic heterocycles. The van der Waals surface area contributed by atoms with E-state index in [9.17, 15) is 4.79 Å². The highest BCUT2D eigenvalue weighted by Crippen LogP contribution is 2.26. The molecule has 0 radical (unpaired) electrons. The topological polar surface area (TPSA) is 67.6 Å². The van der Waals surface area contributed by atoms with E-state index in [0.29, 0.717) is 23.7 Å². The second kappa shape index (κ2) is 7.31. The highest BCUT2D eigenvalue weighted by atomic mass is 16.5. The van der Waals surface area contributed by atoms with Crippen molar-refractivity contribution in [1.29, 1.82) is 0 Å². The maximum absolute atomic E-state index is 12.2. The van der Waals surface area contributed by atoms with Crippen LogP contribution in [0.1, 0.15) is 26.2 Å². The summed E-state index contributed by atoms with van der Waals surface area (Å²) >= 11 is 0. The molecule has 1 fully saturated rings. The number of nitrogens with zero attached hydrogens (tertiary/aromatic N) is 1. The second-order valence-electron chi connectivity index (χ2n) is 5.69. The number of benzene rings is 1. The Balaban J connectivity index is 1.89. The number of rotatable bonds is 6. The van der Waals surface area contributed by atoms with E-state index < -0.39 is 0 Å². The Labute approximate surface area is 126 Å². The van der Waals surface area contributed by atoms with Crippen LogP contribution in [-0.2, 0) is 4.79 Å². The van der Waals surface area contributed by atoms with E-state index in [1.807, 2.05) is 0 Å². The normalized spacial score (nSPS) is 18.7. The number of likely N-dealkylation sites (tertiary alicyclic amines) is 1. The fourth-order valence-electron chi connectivity index (χ4n) is 2.92. The molecule has 1 saturated heterocycles. The molecule has 21 heavy (non-hydrogen) atoms. The number of methoxy groups -OCH3 is 1. The summed E-state index contributed by atoms with van der Waals surface area (Å²) in [6.45, 7) is 4.67. The number of amides is 1. The van der Waals surface area contributed by atoms with Crippen molar-refractivity contribution < 1.29 is 9.53 Å². The molecule has 5 heteroatoms. The molecular weight excluding hydrogens is 266 g/mol. The van der Waals surface area contributed by atoms with Gasteiger partial charge in [-0.25, -0.2) is 0 Å². The summed E-state index contributed by atoms with van der Waals surface area (Å²) in [6, 6.07) is 5.24. The number of carbonyl (C=O) groups is 1. The molecule has 1 aliphatic rings. The minimum Gasteiger partial charge on any atom is -0.495 e. The summed E-state index contributed by atoms with van der Waals surface area (Å²) in [7, 11) is 1.58. The van der Waals surface area contributed by atoms with Crippen molar-refractivity contribution in [2.45, 2.75) is 26.2 Å². The van der Waals surface area contributed by atoms with Gasteiger partial charge < -0.3 is 15.8 Å². The van der Waals surface area contributed by atoms with Crippen molar-refractivity contribution >= 4 is 17.3 Å². The zero-order valence-electron chi connectivity index (χ0n) is 12.9. The largest absolute Gasteiger partial charge is 0.495 e. The highest BCUT2D eigenvalue weighted by molar-refractivity contribution is 5.94. The van der Waals surface area contributed by atoms with Gasteiger partial charge in [-0.2, -0.15) is 0 Å². The van der Waals surface area contributed by atoms with E-state index in [0.717, 1.165) is 19.0 Å². The third-order valence-electron chi connectivity index (χ3n) is 3.93. The lowest BCUT2D eigenvalue weighted by Gasteiger charge is -2.16. The van der Waals surface area contributed by atoms with Crippen LogP contribution in [-0.4, -0.2) is 37.6 Å². The number of nitrogens with two attached hydrogens (primary N) is 1. The van der Waals surface area contributed by atoms with Gasteiger partial charge in [0.2, 0.25) is 5.91 Å². The van der Waals surface area contributed by atoms with Gasteiger partial charge in [-0.05, 0) is 43.5 Å². The van der Waals surface area contributed by atoms with Crippen molar-refractivity contribution in [3.05, 3.63) is 18.2 Å². The van der Waals surface area contributed by atoms with Crippen LogP contribution in [0.25, 0.3) is 0 Å². The lowest BCUT2D eigenvalue weighted by Crippen LogP contribution is -2.31. The van der Waals surface area contributed by atoms with Gasteiger partial charge >= 0.3 is 0 Å². The maximum Gasteiger partial charge on any atom is 0.238 e. The molecule has 0 aliphatic carbocycles. The summed E-state index contributed by atoms with van der Waals surface area (Å²) in [5.74, 6) is 1.35. The molecule has 1 amide bonds. The van der Waals surface area contributed by atoms with Crippen molar-refractivity contribution in [2.24, 2.45) is 5.92 Å². The van der Waals surface area contributed by atoms with Gasteiger partial charge in [0.05, 0.1) is 19.3 Å². The van der Waals surface area contributed by atoms with E-state index in [-0.39, 0.29) is 5.91 Å². The first-order valence-corrected chi connectivity index (χ1v) is 7.58. The summed E-state index contributed by atoms with van der Waals surface area (Å²) in [5, 5.41) is 2.89. The van der Waals surface area contributed by atoms with Crippen molar-refractivity contribution in [3.8, 4) is 5.75 Å². The van der Waals surface area contributed by atoms with Crippen LogP contribution in [0.5, 0.6) is 5.75 Å². The number of nitrogen functional groups attached to an aromatic ring is 1. The molecule has 1 aromatic carbocycles. The fourth-order valence-corrected chi connectivity index (χ4v) is 2.92. The lowest BCUT2D eigenvalue weighted by molar-refractivity contribution is -0.117. The molecule has 116 valence electrons. The standard InChI is InChI=1S/C16H25N3O2/c1-3-4-12-7-8-19(10-12)11-16(20)18-14-9-13(17)5-6-15(14)21-2/h5-6,9,12H,3-4,7-8,10-11,17H2,1-2H3,(H,18,20). The first-order valence-electron chi connectivity index (χ1n) is 7.58. The van der Waals surface area contributed by atoms with Gasteiger partial charge in [0.15, 0.2) is 0 Å². The highest BCUT2D eigenvalue weighted by Gasteiger charge is 2.23. The van der Waals surface area contributed by atoms with E-state index in [1.54, 1.807) is 25.3 Å². The molecule has 3 N–H and O–H groups in total. The Morgan fingerprint density at radius 1 is 1.52 bits per heavy atom. The van der Waals surface area contributed by atoms with Crippen LogP contribution in [0.2, 0.25) is 0 Å². The molecule has 1 aliphatic heterocycles. The number of hydrogen-bond donors (Lipinski definition) is 2. The van der Waals surface area contributed by atoms with Gasteiger partial charge in [-0.15, -0.1) is 0 Å². The van der Waals surface area contributed by atoms with Crippen molar-refractivity contribution in [1.82, 2.24) is 4.90 Å². The van der Waals surface area contributed by atoms with E-state index >= 15 is 0 Å². The zero-order chi connectivity index (χ0) is 15.2. The predicted octanol–water partition coefficient (Wildman–Crippen LogP) is 2.34. The van der Waals surface area contributed by atoms with Gasteiger partial charge in [0.25, 0.3) is 0 Å². The number of nitrogens with one attached hydrogen (secondary N) is 1. The second-order valence-corrected chi connectivity index (χ2v) is 5.69. The molecule has 0 bridgehead atoms. The third-order valence-corrected chi connectivity index (χ3v) is 3.93. The average Bonchev–Trinajstić information content (AvgIpc) is 2.86. The fraction of sp³-hybridized carbons (Fsp3) is 0.562. The molecular formula is C16H25N3O2. The van der Waals surface area contributed by atoms with Gasteiger partial charge in [0.1, 0.15) is 5.75 Å². The van der Waals surface area contributed by atoms with Crippen LogP contribution in [0.15, 0.2) is 18.2 Å². The third kappa shape index (κ3) is 4.36. The monoisotopic (exact) mass is 291 g/mol. The van der Waals surface area contributed by atoms with Crippen LogP contribution >= 0.6 is 0 Å². The van der Waals surface area contributed by atoms with Crippen molar-refractivity contribution in [3.63, 3.8) is 0 Å². The van der Waals surface area contributed by atoms with E-state index in [1.165, 1.54) is 19.3 Å². The minimum absolute atomic E-state index is 0.0175. The zero-order valence-corrected chi connectivity index (χ0v) is 12.9. The first kappa shape index (κ1) is 15.6. The Bertz CT molecular complexity index is 490. The van der Waals surface area contributed by atoms with Crippen LogP contribution < -0.4 is 15.8 Å². The lowest BCUT2D eigenvalue weighted by atomic mass is 10.0. The smallest absolute Gasteiger partial charge is 0.238 e. The van der Waals surface area contributed by atoms with Gasteiger partial charge in [-0.3, -0.25) is 9.69 Å². The summed E-state index contributed by atoms with van der Waals surface area (Å²) < 4.78 is 5.24. The van der Waals surface area contributed by atoms with Crippen LogP contribution in [0.3, 0.4) is 0 Å². The number of anilines is 2. The van der Waals surface area contributed by atoms with Gasteiger partial charge in [-0.1, -0.05) is 13.3 Å². The Hall–Kier alpha value is -1.75. The summed E-state index contributed by atoms with van der Waals surface area (Å²) in [6.07, 6.45) is 3.66. The Morgan fingerprint density at radius 3 is 3.05 bits per heavy atom. The van der Waals surface area contributed by atoms with Crippen molar-refractivity contribution in [2.75, 3.05) is 37.8 Å². The number of carbonyl (C=O) groups excluding carboxylic acids is 1. The molecule has 0 saturated carbocycles. The summed E-state index contributed by atoms with van der Waals surface area (Å²) in [5.41, 5.74) is 6.99. The molecule has 5 nitrogen and oxygen atoms in total. The predicted molar refractivity (Wildman–Crippen MR) is 85.5 cm³/mol. The SMILES string of the molecule is CCCC1CCN(CC(=O)Nc2cc(N)ccc2OC)C1.